The van der Waals surface area contributed by atoms with Gasteiger partial charge in [-0.15, -0.1) is 0 Å². The number of fused-ring (bicyclic) bond motifs is 1. The second kappa shape index (κ2) is 5.27. The minimum atomic E-state index is -0.965. The maximum absolute atomic E-state index is 11.8. The number of carboxylic acids is 1. The van der Waals surface area contributed by atoms with E-state index < -0.39 is 5.97 Å². The molecule has 0 aliphatic heterocycles. The summed E-state index contributed by atoms with van der Waals surface area (Å²) in [5, 5.41) is 10.4. The molecule has 0 bridgehead atoms. The number of aromatic carboxylic acids is 1. The molecule has 22 heavy (non-hydrogen) atoms. The van der Waals surface area contributed by atoms with Gasteiger partial charge < -0.3 is 9.67 Å². The van der Waals surface area contributed by atoms with Crippen LogP contribution in [-0.2, 0) is 5.41 Å². The number of carboxylic acid groups (broad SMARTS) is 1. The average molecular weight is 301 g/mol. The Morgan fingerprint density at radius 2 is 1.86 bits per heavy atom. The summed E-state index contributed by atoms with van der Waals surface area (Å²) in [4.78, 5) is 23.3. The first-order valence-electron chi connectivity index (χ1n) is 7.47. The SMILES string of the molecule is Cc1c(C=O)c2cc(C(C)(C)C)cc(C(=O)O)c2n1C(C)C. The van der Waals surface area contributed by atoms with Gasteiger partial charge in [0.15, 0.2) is 6.29 Å². The molecule has 0 saturated heterocycles. The number of aldehydes is 1. The lowest BCUT2D eigenvalue weighted by Crippen LogP contribution is -2.14. The largest absolute Gasteiger partial charge is 0.478 e. The molecule has 2 aromatic rings. The molecule has 0 fully saturated rings. The predicted octanol–water partition coefficient (Wildman–Crippen LogP) is 4.34. The Labute approximate surface area is 130 Å². The van der Waals surface area contributed by atoms with Crippen LogP contribution in [0.25, 0.3) is 10.9 Å². The molecule has 0 radical (unpaired) electrons. The Bertz CT molecular complexity index is 761. The quantitative estimate of drug-likeness (QED) is 0.858. The van der Waals surface area contributed by atoms with Crippen LogP contribution in [0.5, 0.6) is 0 Å². The summed E-state index contributed by atoms with van der Waals surface area (Å²) in [6.07, 6.45) is 0.828. The predicted molar refractivity (Wildman–Crippen MR) is 88.1 cm³/mol. The van der Waals surface area contributed by atoms with Crippen molar-refractivity contribution in [2.75, 3.05) is 0 Å². The van der Waals surface area contributed by atoms with E-state index in [1.807, 2.05) is 52.2 Å². The highest BCUT2D eigenvalue weighted by Gasteiger charge is 2.25. The average Bonchev–Trinajstić information content (AvgIpc) is 2.67. The van der Waals surface area contributed by atoms with E-state index in [2.05, 4.69) is 0 Å². The zero-order valence-corrected chi connectivity index (χ0v) is 14.0. The van der Waals surface area contributed by atoms with Gasteiger partial charge in [-0.2, -0.15) is 0 Å². The molecule has 0 atom stereocenters. The van der Waals surface area contributed by atoms with Gasteiger partial charge in [-0.25, -0.2) is 4.79 Å². The fourth-order valence-electron chi connectivity index (χ4n) is 2.98. The van der Waals surface area contributed by atoms with Gasteiger partial charge in [0.05, 0.1) is 11.1 Å². The molecular weight excluding hydrogens is 278 g/mol. The lowest BCUT2D eigenvalue weighted by Gasteiger charge is -2.21. The van der Waals surface area contributed by atoms with Crippen LogP contribution in [0.4, 0.5) is 0 Å². The van der Waals surface area contributed by atoms with E-state index in [9.17, 15) is 14.7 Å². The lowest BCUT2D eigenvalue weighted by molar-refractivity contribution is 0.0698. The normalized spacial score (nSPS) is 12.1. The molecule has 1 heterocycles. The highest BCUT2D eigenvalue weighted by atomic mass is 16.4. The van der Waals surface area contributed by atoms with Gasteiger partial charge in [-0.3, -0.25) is 4.79 Å². The molecule has 0 saturated carbocycles. The Balaban J connectivity index is 3.06. The van der Waals surface area contributed by atoms with Crippen molar-refractivity contribution in [1.82, 2.24) is 4.57 Å². The summed E-state index contributed by atoms with van der Waals surface area (Å²) in [7, 11) is 0. The van der Waals surface area contributed by atoms with Crippen LogP contribution in [-0.4, -0.2) is 21.9 Å². The molecule has 0 amide bonds. The third-order valence-electron chi connectivity index (χ3n) is 4.12. The molecule has 0 unspecified atom stereocenters. The van der Waals surface area contributed by atoms with Crippen LogP contribution in [0.15, 0.2) is 12.1 Å². The Morgan fingerprint density at radius 1 is 1.27 bits per heavy atom. The van der Waals surface area contributed by atoms with Crippen molar-refractivity contribution in [2.24, 2.45) is 0 Å². The van der Waals surface area contributed by atoms with E-state index >= 15 is 0 Å². The fraction of sp³-hybridized carbons (Fsp3) is 0.444. The first-order chi connectivity index (χ1) is 10.1. The van der Waals surface area contributed by atoms with E-state index in [1.165, 1.54) is 0 Å². The van der Waals surface area contributed by atoms with Crippen molar-refractivity contribution >= 4 is 23.2 Å². The summed E-state index contributed by atoms with van der Waals surface area (Å²) in [6, 6.07) is 3.77. The minimum absolute atomic E-state index is 0.0785. The van der Waals surface area contributed by atoms with Gasteiger partial charge in [0, 0.05) is 22.7 Å². The Kier molecular flexibility index (Phi) is 3.90. The van der Waals surface area contributed by atoms with Gasteiger partial charge >= 0.3 is 5.97 Å². The van der Waals surface area contributed by atoms with E-state index in [0.717, 1.165) is 22.9 Å². The second-order valence-corrected chi connectivity index (χ2v) is 7.06. The summed E-state index contributed by atoms with van der Waals surface area (Å²) in [6.45, 7) is 12.0. The monoisotopic (exact) mass is 301 g/mol. The van der Waals surface area contributed by atoms with Gasteiger partial charge in [0.25, 0.3) is 0 Å². The number of aromatic nitrogens is 1. The smallest absolute Gasteiger partial charge is 0.337 e. The minimum Gasteiger partial charge on any atom is -0.478 e. The maximum Gasteiger partial charge on any atom is 0.337 e. The molecule has 2 rings (SSSR count). The molecule has 1 aromatic heterocycles. The fourth-order valence-corrected chi connectivity index (χ4v) is 2.98. The molecule has 1 aromatic carbocycles. The van der Waals surface area contributed by atoms with E-state index in [4.69, 9.17) is 0 Å². The standard InChI is InChI=1S/C18H23NO3/c1-10(2)19-11(3)15(9-20)13-7-12(18(4,5)6)8-14(16(13)19)17(21)22/h7-10H,1-6H3,(H,21,22). The van der Waals surface area contributed by atoms with Crippen molar-refractivity contribution in [1.29, 1.82) is 0 Å². The molecule has 4 heteroatoms. The van der Waals surface area contributed by atoms with Crippen LogP contribution in [0.1, 0.15) is 72.6 Å². The van der Waals surface area contributed by atoms with Gasteiger partial charge in [0.2, 0.25) is 0 Å². The lowest BCUT2D eigenvalue weighted by atomic mass is 9.85. The van der Waals surface area contributed by atoms with E-state index in [0.29, 0.717) is 11.1 Å². The zero-order valence-electron chi connectivity index (χ0n) is 14.0. The van der Waals surface area contributed by atoms with Crippen molar-refractivity contribution in [3.8, 4) is 0 Å². The molecule has 118 valence electrons. The Hall–Kier alpha value is -2.10. The van der Waals surface area contributed by atoms with Crippen molar-refractivity contribution < 1.29 is 14.7 Å². The topological polar surface area (TPSA) is 59.3 Å². The van der Waals surface area contributed by atoms with Crippen molar-refractivity contribution in [3.05, 3.63) is 34.5 Å². The maximum atomic E-state index is 11.8. The number of carbonyl (C=O) groups excluding carboxylic acids is 1. The summed E-state index contributed by atoms with van der Waals surface area (Å²) in [5.41, 5.74) is 3.02. The Morgan fingerprint density at radius 3 is 2.27 bits per heavy atom. The van der Waals surface area contributed by atoms with Crippen LogP contribution in [0.2, 0.25) is 0 Å². The first-order valence-corrected chi connectivity index (χ1v) is 7.47. The van der Waals surface area contributed by atoms with Crippen molar-refractivity contribution in [3.63, 3.8) is 0 Å². The highest BCUT2D eigenvalue weighted by molar-refractivity contribution is 6.09. The van der Waals surface area contributed by atoms with Crippen LogP contribution < -0.4 is 0 Å². The number of hydrogen-bond acceptors (Lipinski definition) is 2. The second-order valence-electron chi connectivity index (χ2n) is 7.06. The number of carbonyl (C=O) groups is 2. The summed E-state index contributed by atoms with van der Waals surface area (Å²) in [5.74, 6) is -0.965. The van der Waals surface area contributed by atoms with Crippen LogP contribution in [0.3, 0.4) is 0 Å². The van der Waals surface area contributed by atoms with Crippen molar-refractivity contribution in [2.45, 2.75) is 53.0 Å². The van der Waals surface area contributed by atoms with E-state index in [-0.39, 0.29) is 17.0 Å². The third kappa shape index (κ3) is 2.43. The first kappa shape index (κ1) is 16.3. The third-order valence-corrected chi connectivity index (χ3v) is 4.12. The van der Waals surface area contributed by atoms with E-state index in [1.54, 1.807) is 6.07 Å². The molecule has 0 aliphatic rings. The van der Waals surface area contributed by atoms with Gasteiger partial charge in [-0.05, 0) is 43.9 Å². The molecule has 0 spiro atoms. The van der Waals surface area contributed by atoms with Gasteiger partial charge in [0.1, 0.15) is 0 Å². The number of hydrogen-bond donors (Lipinski definition) is 1. The van der Waals surface area contributed by atoms with Crippen LogP contribution >= 0.6 is 0 Å². The summed E-state index contributed by atoms with van der Waals surface area (Å²) < 4.78 is 1.94. The van der Waals surface area contributed by atoms with Gasteiger partial charge in [-0.1, -0.05) is 20.8 Å². The highest BCUT2D eigenvalue weighted by Crippen LogP contribution is 2.35. The molecule has 1 N–H and O–H groups in total. The summed E-state index contributed by atoms with van der Waals surface area (Å²) >= 11 is 0. The molecule has 0 aliphatic carbocycles. The molecular formula is C18H23NO3. The van der Waals surface area contributed by atoms with Crippen LogP contribution in [0, 0.1) is 6.92 Å². The molecule has 4 nitrogen and oxygen atoms in total. The zero-order chi connectivity index (χ0) is 16.8. The number of nitrogens with zero attached hydrogens (tertiary/aromatic N) is 1. The number of benzene rings is 1. The number of rotatable bonds is 3.